The molecule has 1 aliphatic heterocycles. The molecule has 1 aliphatic carbocycles. The Balaban J connectivity index is 1.28. The van der Waals surface area contributed by atoms with Gasteiger partial charge in [0.25, 0.3) is 5.69 Å². The van der Waals surface area contributed by atoms with E-state index in [-0.39, 0.29) is 30.2 Å². The average Bonchev–Trinajstić information content (AvgIpc) is 3.46. The summed E-state index contributed by atoms with van der Waals surface area (Å²) in [6.07, 6.45) is 4.10. The molecule has 0 bridgehead atoms. The molecule has 230 valence electrons. The number of hydrogen-bond acceptors (Lipinski definition) is 9. The van der Waals surface area contributed by atoms with Crippen LogP contribution in [-0.4, -0.2) is 41.8 Å². The van der Waals surface area contributed by atoms with Gasteiger partial charge in [-0.05, 0) is 97.6 Å². The van der Waals surface area contributed by atoms with Gasteiger partial charge in [-0.25, -0.2) is 18.0 Å². The molecule has 0 saturated heterocycles. The third-order valence-electron chi connectivity index (χ3n) is 7.19. The van der Waals surface area contributed by atoms with E-state index in [4.69, 9.17) is 4.74 Å². The smallest absolute Gasteiger partial charge is 0.341 e. The van der Waals surface area contributed by atoms with Gasteiger partial charge in [0.1, 0.15) is 10.6 Å². The number of halogens is 1. The molecule has 11 nitrogen and oxygen atoms in total. The van der Waals surface area contributed by atoms with Crippen molar-refractivity contribution in [1.29, 1.82) is 0 Å². The molecular weight excluding hydrogens is 680 g/mol. The lowest BCUT2D eigenvalue weighted by Crippen LogP contribution is -2.36. The predicted molar refractivity (Wildman–Crippen MR) is 168 cm³/mol. The molecule has 3 heterocycles. The minimum Gasteiger partial charge on any atom is -0.456 e. The number of nitrogens with zero attached hydrogens (tertiary/aromatic N) is 2. The number of non-ortho nitro benzene ring substituents is 1. The zero-order chi connectivity index (χ0) is 31.1. The second-order valence-corrected chi connectivity index (χ2v) is 16.8. The molecule has 2 aliphatic rings. The quantitative estimate of drug-likeness (QED) is 0.164. The molecule has 3 aromatic rings. The van der Waals surface area contributed by atoms with E-state index >= 15 is 0 Å². The number of sulfonamides is 1. The fourth-order valence-electron chi connectivity index (χ4n) is 5.20. The van der Waals surface area contributed by atoms with Crippen molar-refractivity contribution in [3.05, 3.63) is 70.2 Å². The maximum Gasteiger partial charge on any atom is 0.341 e. The summed E-state index contributed by atoms with van der Waals surface area (Å²) in [5, 5.41) is 17.2. The lowest BCUT2D eigenvalue weighted by molar-refractivity contribution is -0.384. The van der Waals surface area contributed by atoms with Gasteiger partial charge in [-0.2, -0.15) is 4.31 Å². The van der Waals surface area contributed by atoms with Crippen LogP contribution in [0.15, 0.2) is 32.9 Å². The highest BCUT2D eigenvalue weighted by Crippen LogP contribution is 2.40. The highest BCUT2D eigenvalue weighted by Gasteiger charge is 2.33. The maximum atomic E-state index is 13.2. The molecule has 1 aromatic carbocycles. The Morgan fingerprint density at radius 3 is 2.44 bits per heavy atom. The summed E-state index contributed by atoms with van der Waals surface area (Å²) in [6.45, 7) is 6.03. The first-order valence-corrected chi connectivity index (χ1v) is 17.6. The van der Waals surface area contributed by atoms with Crippen molar-refractivity contribution in [3.63, 3.8) is 0 Å². The zero-order valence-corrected chi connectivity index (χ0v) is 27.9. The summed E-state index contributed by atoms with van der Waals surface area (Å²) in [6, 6.07) is 4.41. The third kappa shape index (κ3) is 6.80. The largest absolute Gasteiger partial charge is 0.456 e. The summed E-state index contributed by atoms with van der Waals surface area (Å²) in [4.78, 5) is 38.5. The molecule has 0 unspecified atom stereocenters. The molecule has 0 radical (unpaired) electrons. The van der Waals surface area contributed by atoms with Crippen LogP contribution in [0.4, 0.5) is 15.5 Å². The number of aryl methyl sites for hydroxylation is 1. The van der Waals surface area contributed by atoms with Crippen molar-refractivity contribution in [2.45, 2.75) is 76.5 Å². The molecule has 5 rings (SSSR count). The summed E-state index contributed by atoms with van der Waals surface area (Å²) in [5.74, 6) is -0.440. The second-order valence-electron chi connectivity index (χ2n) is 11.3. The van der Waals surface area contributed by atoms with Crippen molar-refractivity contribution in [3.8, 4) is 0 Å². The fourth-order valence-corrected chi connectivity index (χ4v) is 10.0. The molecule has 15 heteroatoms. The second kappa shape index (κ2) is 12.3. The molecule has 0 spiro atoms. The maximum absolute atomic E-state index is 13.2. The van der Waals surface area contributed by atoms with E-state index in [2.05, 4.69) is 26.6 Å². The number of ether oxygens (including phenoxy) is 1. The van der Waals surface area contributed by atoms with Crippen LogP contribution >= 0.6 is 38.6 Å². The number of anilines is 1. The van der Waals surface area contributed by atoms with E-state index in [9.17, 15) is 28.1 Å². The van der Waals surface area contributed by atoms with Gasteiger partial charge in [-0.1, -0.05) is 0 Å². The number of urea groups is 1. The van der Waals surface area contributed by atoms with Gasteiger partial charge in [0.2, 0.25) is 10.0 Å². The molecule has 43 heavy (non-hydrogen) atoms. The summed E-state index contributed by atoms with van der Waals surface area (Å²) < 4.78 is 34.3. The van der Waals surface area contributed by atoms with Crippen LogP contribution in [0.2, 0.25) is 0 Å². The number of nitro groups is 1. The number of amides is 2. The Kier molecular flexibility index (Phi) is 9.01. The first-order chi connectivity index (χ1) is 20.2. The van der Waals surface area contributed by atoms with E-state index in [1.54, 1.807) is 0 Å². The van der Waals surface area contributed by atoms with Gasteiger partial charge in [-0.3, -0.25) is 15.4 Å². The van der Waals surface area contributed by atoms with Crippen LogP contribution in [0.3, 0.4) is 0 Å². The Labute approximate surface area is 266 Å². The monoisotopic (exact) mass is 710 g/mol. The van der Waals surface area contributed by atoms with Crippen molar-refractivity contribution in [2.24, 2.45) is 0 Å². The average molecular weight is 712 g/mol. The summed E-state index contributed by atoms with van der Waals surface area (Å²) in [7, 11) is -3.85. The minimum atomic E-state index is -3.85. The highest BCUT2D eigenvalue weighted by atomic mass is 79.9. The molecule has 0 fully saturated rings. The summed E-state index contributed by atoms with van der Waals surface area (Å²) in [5.41, 5.74) is 2.41. The van der Waals surface area contributed by atoms with E-state index in [0.717, 1.165) is 55.9 Å². The normalized spacial score (nSPS) is 15.3. The number of esters is 1. The Morgan fingerprint density at radius 1 is 1.07 bits per heavy atom. The number of rotatable bonds is 7. The first kappa shape index (κ1) is 31.6. The third-order valence-corrected chi connectivity index (χ3v) is 12.3. The van der Waals surface area contributed by atoms with E-state index in [1.165, 1.54) is 51.2 Å². The van der Waals surface area contributed by atoms with Gasteiger partial charge in [0.05, 0.1) is 19.2 Å². The standard InChI is InChI=1S/C28H31BrN4O7S3/c1-28(2,3)40-26(34)23-19-6-4-5-7-21(19)42-25(23)31-27(35)30-14-20-18-12-13-32(15-22(18)41-24(20)29)43(38,39)17-10-8-16(9-11-17)33(36)37/h8-11H,4-7,12-15H2,1-3H3,(H2,30,31,35). The molecule has 2 aromatic heterocycles. The SMILES string of the molecule is CC(C)(C)OC(=O)c1c(NC(=O)NCc2c(Br)sc3c2CCN(S(=O)(=O)c2ccc([N+](=O)[O-])cc2)C3)sc2c1CCCC2. The van der Waals surface area contributed by atoms with Crippen molar-refractivity contribution >= 4 is 71.3 Å². The van der Waals surface area contributed by atoms with E-state index < -0.39 is 32.5 Å². The topological polar surface area (TPSA) is 148 Å². The number of nitro benzene ring substituents is 1. The highest BCUT2D eigenvalue weighted by molar-refractivity contribution is 9.11. The zero-order valence-electron chi connectivity index (χ0n) is 23.8. The molecule has 2 N–H and O–H groups in total. The number of carbonyl (C=O) groups is 2. The Hall–Kier alpha value is -2.85. The van der Waals surface area contributed by atoms with E-state index in [0.29, 0.717) is 17.0 Å². The van der Waals surface area contributed by atoms with Gasteiger partial charge in [-0.15, -0.1) is 22.7 Å². The van der Waals surface area contributed by atoms with Crippen LogP contribution in [0.25, 0.3) is 0 Å². The van der Waals surface area contributed by atoms with Crippen LogP contribution in [0, 0.1) is 10.1 Å². The number of thiophene rings is 2. The van der Waals surface area contributed by atoms with Gasteiger partial charge in [0, 0.05) is 41.5 Å². The van der Waals surface area contributed by atoms with Crippen LogP contribution in [0.5, 0.6) is 0 Å². The van der Waals surface area contributed by atoms with Crippen LogP contribution < -0.4 is 10.6 Å². The van der Waals surface area contributed by atoms with Crippen molar-refractivity contribution < 1.29 is 27.7 Å². The number of carbonyl (C=O) groups excluding carboxylic acids is 2. The molecular formula is C28H31BrN4O7S3. The number of fused-ring (bicyclic) bond motifs is 2. The predicted octanol–water partition coefficient (Wildman–Crippen LogP) is 6.38. The van der Waals surface area contributed by atoms with Crippen LogP contribution in [-0.2, 0) is 47.1 Å². The number of hydrogen-bond donors (Lipinski definition) is 2. The molecule has 0 atom stereocenters. The molecule has 0 saturated carbocycles. The lowest BCUT2D eigenvalue weighted by Gasteiger charge is -2.26. The van der Waals surface area contributed by atoms with Gasteiger partial charge in [0.15, 0.2) is 0 Å². The van der Waals surface area contributed by atoms with Gasteiger partial charge < -0.3 is 10.1 Å². The minimum absolute atomic E-state index is 0.00302. The van der Waals surface area contributed by atoms with Gasteiger partial charge >= 0.3 is 12.0 Å². The fraction of sp³-hybridized carbons (Fsp3) is 0.429. The first-order valence-electron chi connectivity index (χ1n) is 13.7. The molecule has 2 amide bonds. The lowest BCUT2D eigenvalue weighted by atomic mass is 9.95. The Bertz CT molecular complexity index is 1690. The Morgan fingerprint density at radius 2 is 1.77 bits per heavy atom. The van der Waals surface area contributed by atoms with E-state index in [1.807, 2.05) is 20.8 Å². The van der Waals surface area contributed by atoms with Crippen LogP contribution in [0.1, 0.15) is 70.4 Å². The summed E-state index contributed by atoms with van der Waals surface area (Å²) >= 11 is 6.42. The van der Waals surface area contributed by atoms with Crippen molar-refractivity contribution in [2.75, 3.05) is 11.9 Å². The van der Waals surface area contributed by atoms with Crippen molar-refractivity contribution in [1.82, 2.24) is 9.62 Å². The number of benzene rings is 1. The number of nitrogens with one attached hydrogen (secondary N) is 2.